The third-order valence-corrected chi connectivity index (χ3v) is 1.62. The average molecular weight is 361 g/mol. The molecular formula is C5H3Cl5N3O3P. The first-order valence-electron chi connectivity index (χ1n) is 3.55. The van der Waals surface area contributed by atoms with Crippen molar-refractivity contribution in [1.29, 1.82) is 0 Å². The van der Waals surface area contributed by atoms with Crippen LogP contribution in [0.4, 0.5) is 5.69 Å². The van der Waals surface area contributed by atoms with Gasteiger partial charge in [0.1, 0.15) is 5.82 Å². The summed E-state index contributed by atoms with van der Waals surface area (Å²) in [7, 11) is 0. The van der Waals surface area contributed by atoms with Gasteiger partial charge in [-0.2, -0.15) is 0 Å². The van der Waals surface area contributed by atoms with Gasteiger partial charge < -0.3 is 0 Å². The maximum atomic E-state index is 10.3. The number of hydrogen-bond donors (Lipinski definition) is 0. The molecule has 0 aromatic carbocycles. The Kier molecular flexibility index (Phi) is 6.99. The van der Waals surface area contributed by atoms with E-state index < -0.39 is 15.8 Å². The maximum Gasteiger partial charge on any atom is 0.343 e. The van der Waals surface area contributed by atoms with Crippen molar-refractivity contribution in [3.63, 3.8) is 0 Å². The molecule has 0 aliphatic heterocycles. The molecule has 0 N–H and O–H groups in total. The van der Waals surface area contributed by atoms with E-state index >= 15 is 0 Å². The molecule has 0 aliphatic carbocycles. The molecule has 1 aromatic heterocycles. The van der Waals surface area contributed by atoms with Gasteiger partial charge in [0.05, 0.1) is 4.92 Å². The van der Waals surface area contributed by atoms with Crippen molar-refractivity contribution >= 4 is 67.8 Å². The molecule has 0 fully saturated rings. The Hall–Kier alpha value is 0.160. The highest BCUT2D eigenvalue weighted by molar-refractivity contribution is 8.24. The van der Waals surface area contributed by atoms with Crippen LogP contribution in [0.15, 0.2) is 0 Å². The average Bonchev–Trinajstić information content (AvgIpc) is 1.95. The van der Waals surface area contributed by atoms with Crippen LogP contribution in [0.25, 0.3) is 0 Å². The molecule has 0 aliphatic rings. The van der Waals surface area contributed by atoms with Crippen LogP contribution in [0.1, 0.15) is 5.82 Å². The van der Waals surface area contributed by atoms with Gasteiger partial charge >= 0.3 is 10.9 Å². The molecule has 0 bridgehead atoms. The molecule has 1 rings (SSSR count). The molecule has 0 radical (unpaired) electrons. The molecule has 0 amide bonds. The fraction of sp³-hybridized carbons (Fsp3) is 0.200. The standard InChI is InChI=1S/C5H3Cl2N3O2.Cl3OP/c1-2-8-4(6)3(10(11)12)5(7)9-2;1-5(2,3)4/h1H3;. The summed E-state index contributed by atoms with van der Waals surface area (Å²) in [6, 6.07) is 0. The molecular weight excluding hydrogens is 358 g/mol. The molecule has 0 atom stereocenters. The maximum absolute atomic E-state index is 10.3. The monoisotopic (exact) mass is 359 g/mol. The van der Waals surface area contributed by atoms with Gasteiger partial charge in [-0.3, -0.25) is 14.7 Å². The molecule has 1 heterocycles. The van der Waals surface area contributed by atoms with Gasteiger partial charge in [0, 0.05) is 0 Å². The Morgan fingerprint density at radius 3 is 1.71 bits per heavy atom. The van der Waals surface area contributed by atoms with Gasteiger partial charge in [-0.05, 0) is 40.6 Å². The van der Waals surface area contributed by atoms with Crippen LogP contribution in [0, 0.1) is 17.0 Å². The smallest absolute Gasteiger partial charge is 0.271 e. The van der Waals surface area contributed by atoms with Gasteiger partial charge in [-0.1, -0.05) is 23.2 Å². The highest BCUT2D eigenvalue weighted by Gasteiger charge is 2.20. The third-order valence-electron chi connectivity index (χ3n) is 1.09. The summed E-state index contributed by atoms with van der Waals surface area (Å²) in [6.07, 6.45) is 0. The first-order chi connectivity index (χ1) is 7.52. The second-order valence-corrected chi connectivity index (χ2v) is 9.71. The normalized spacial score (nSPS) is 10.5. The van der Waals surface area contributed by atoms with Crippen molar-refractivity contribution in [2.45, 2.75) is 6.92 Å². The van der Waals surface area contributed by atoms with Gasteiger partial charge in [-0.25, -0.2) is 9.97 Å². The molecule has 1 aromatic rings. The summed E-state index contributed by atoms with van der Waals surface area (Å²) in [5.41, 5.74) is -0.455. The lowest BCUT2D eigenvalue weighted by Gasteiger charge is -1.96. The third kappa shape index (κ3) is 7.97. The van der Waals surface area contributed by atoms with Crippen molar-refractivity contribution in [1.82, 2.24) is 9.97 Å². The molecule has 17 heavy (non-hydrogen) atoms. The zero-order valence-electron chi connectivity index (χ0n) is 7.90. The van der Waals surface area contributed by atoms with Crippen molar-refractivity contribution < 1.29 is 9.49 Å². The number of nitro groups is 1. The van der Waals surface area contributed by atoms with Crippen LogP contribution in [0.3, 0.4) is 0 Å². The Labute approximate surface area is 120 Å². The van der Waals surface area contributed by atoms with Crippen LogP contribution < -0.4 is 0 Å². The zero-order valence-corrected chi connectivity index (χ0v) is 12.6. The first kappa shape index (κ1) is 17.2. The Bertz CT molecular complexity index is 447. The van der Waals surface area contributed by atoms with E-state index in [4.69, 9.17) is 23.2 Å². The van der Waals surface area contributed by atoms with E-state index in [1.54, 1.807) is 6.92 Å². The number of nitrogens with zero attached hydrogens (tertiary/aromatic N) is 3. The van der Waals surface area contributed by atoms with Gasteiger partial charge in [0.25, 0.3) is 0 Å². The Morgan fingerprint density at radius 2 is 1.47 bits per heavy atom. The van der Waals surface area contributed by atoms with Crippen molar-refractivity contribution in [3.05, 3.63) is 26.2 Å². The predicted octanol–water partition coefficient (Wildman–Crippen LogP) is 4.81. The minimum atomic E-state index is -3.22. The summed E-state index contributed by atoms with van der Waals surface area (Å²) in [4.78, 5) is 16.8. The van der Waals surface area contributed by atoms with Crippen molar-refractivity contribution in [2.24, 2.45) is 0 Å². The fourth-order valence-corrected chi connectivity index (χ4v) is 1.26. The number of hydrogen-bond acceptors (Lipinski definition) is 5. The van der Waals surface area contributed by atoms with Crippen LogP contribution in [0.2, 0.25) is 10.3 Å². The van der Waals surface area contributed by atoms with Gasteiger partial charge in [0.15, 0.2) is 0 Å². The second kappa shape index (κ2) is 6.92. The molecule has 12 heteroatoms. The molecule has 0 spiro atoms. The van der Waals surface area contributed by atoms with Gasteiger partial charge in [-0.15, -0.1) is 0 Å². The summed E-state index contributed by atoms with van der Waals surface area (Å²) >= 11 is 24.8. The van der Waals surface area contributed by atoms with Crippen LogP contribution >= 0.6 is 62.1 Å². The predicted molar refractivity (Wildman–Crippen MR) is 68.6 cm³/mol. The zero-order chi connectivity index (χ0) is 13.8. The van der Waals surface area contributed by atoms with Gasteiger partial charge in [0.2, 0.25) is 10.3 Å². The summed E-state index contributed by atoms with van der Waals surface area (Å²) in [5.74, 6) is 0.301. The lowest BCUT2D eigenvalue weighted by Crippen LogP contribution is -1.97. The lowest BCUT2D eigenvalue weighted by molar-refractivity contribution is -0.385. The summed E-state index contributed by atoms with van der Waals surface area (Å²) in [6.45, 7) is 1.54. The van der Waals surface area contributed by atoms with Crippen LogP contribution in [-0.4, -0.2) is 14.9 Å². The quantitative estimate of drug-likeness (QED) is 0.310. The molecule has 0 saturated carbocycles. The minimum Gasteiger partial charge on any atom is -0.271 e. The van der Waals surface area contributed by atoms with Crippen LogP contribution in [0.5, 0.6) is 0 Å². The highest BCUT2D eigenvalue weighted by atomic mass is 36.0. The topological polar surface area (TPSA) is 86.0 Å². The summed E-state index contributed by atoms with van der Waals surface area (Å²) in [5, 5.41) is 6.61. The fourth-order valence-electron chi connectivity index (χ4n) is 0.651. The van der Waals surface area contributed by atoms with Crippen molar-refractivity contribution in [3.8, 4) is 0 Å². The molecule has 6 nitrogen and oxygen atoms in total. The lowest BCUT2D eigenvalue weighted by atomic mass is 10.5. The second-order valence-electron chi connectivity index (χ2n) is 2.36. The number of aromatic nitrogens is 2. The largest absolute Gasteiger partial charge is 0.343 e. The highest BCUT2D eigenvalue weighted by Crippen LogP contribution is 2.61. The molecule has 0 saturated heterocycles. The SMILES string of the molecule is Cc1nc(Cl)c([N+](=O)[O-])c(Cl)n1.O=P(Cl)(Cl)Cl. The molecule has 0 unspecified atom stereocenters. The molecule has 96 valence electrons. The van der Waals surface area contributed by atoms with E-state index in [1.165, 1.54) is 0 Å². The van der Waals surface area contributed by atoms with E-state index in [2.05, 4.69) is 43.7 Å². The number of halogens is 5. The van der Waals surface area contributed by atoms with E-state index in [0.717, 1.165) is 0 Å². The number of aryl methyl sites for hydroxylation is 1. The van der Waals surface area contributed by atoms with Crippen molar-refractivity contribution in [2.75, 3.05) is 0 Å². The van der Waals surface area contributed by atoms with E-state index in [9.17, 15) is 14.7 Å². The Balaban J connectivity index is 0.000000437. The first-order valence-corrected chi connectivity index (χ1v) is 8.73. The number of rotatable bonds is 1. The van der Waals surface area contributed by atoms with Crippen LogP contribution in [-0.2, 0) is 4.57 Å². The Morgan fingerprint density at radius 1 is 1.18 bits per heavy atom. The minimum absolute atomic E-state index is 0.238. The summed E-state index contributed by atoms with van der Waals surface area (Å²) < 4.78 is 9.51. The van der Waals surface area contributed by atoms with E-state index in [-0.39, 0.29) is 10.3 Å². The van der Waals surface area contributed by atoms with E-state index in [1.807, 2.05) is 0 Å². The van der Waals surface area contributed by atoms with E-state index in [0.29, 0.717) is 5.82 Å².